The Hall–Kier alpha value is -0.650. The Balaban J connectivity index is 2.31. The second-order valence-corrected chi connectivity index (χ2v) is 4.14. The predicted octanol–water partition coefficient (Wildman–Crippen LogP) is -1.47. The molecule has 1 aliphatic rings. The first-order valence-corrected chi connectivity index (χ1v) is 5.67. The maximum absolute atomic E-state index is 10.1. The molecule has 0 saturated carbocycles. The fourth-order valence-corrected chi connectivity index (χ4v) is 2.22. The van der Waals surface area contributed by atoms with Crippen molar-refractivity contribution < 1.29 is 14.4 Å². The second-order valence-electron chi connectivity index (χ2n) is 4.14. The lowest BCUT2D eigenvalue weighted by Gasteiger charge is -2.41. The summed E-state index contributed by atoms with van der Waals surface area (Å²) in [5.41, 5.74) is 0. The van der Waals surface area contributed by atoms with E-state index in [2.05, 4.69) is 10.6 Å². The molecule has 15 heavy (non-hydrogen) atoms. The zero-order valence-electron chi connectivity index (χ0n) is 9.24. The molecule has 0 aliphatic carbocycles. The van der Waals surface area contributed by atoms with E-state index in [4.69, 9.17) is 5.11 Å². The first kappa shape index (κ1) is 12.4. The number of amides is 1. The quantitative estimate of drug-likeness (QED) is 0.277. The van der Waals surface area contributed by atoms with E-state index < -0.39 is 0 Å². The van der Waals surface area contributed by atoms with Crippen molar-refractivity contribution in [1.29, 1.82) is 0 Å². The average molecular weight is 216 g/mol. The van der Waals surface area contributed by atoms with Gasteiger partial charge in [-0.25, -0.2) is 0 Å². The third-order valence-electron chi connectivity index (χ3n) is 3.14. The van der Waals surface area contributed by atoms with Crippen molar-refractivity contribution in [1.82, 2.24) is 10.6 Å². The molecule has 88 valence electrons. The Bertz CT molecular complexity index is 176. The van der Waals surface area contributed by atoms with Crippen molar-refractivity contribution in [3.63, 3.8) is 0 Å². The van der Waals surface area contributed by atoms with Crippen LogP contribution in [0.2, 0.25) is 0 Å². The smallest absolute Gasteiger partial charge is 0.207 e. The molecule has 1 rings (SSSR count). The molecule has 0 radical (unpaired) electrons. The fourth-order valence-electron chi connectivity index (χ4n) is 2.22. The second kappa shape index (κ2) is 6.76. The van der Waals surface area contributed by atoms with Crippen LogP contribution in [0.4, 0.5) is 0 Å². The van der Waals surface area contributed by atoms with Crippen LogP contribution in [0.1, 0.15) is 6.42 Å². The Morgan fingerprint density at radius 2 is 2.07 bits per heavy atom. The van der Waals surface area contributed by atoms with Gasteiger partial charge in [-0.15, -0.1) is 0 Å². The molecule has 1 amide bonds. The van der Waals surface area contributed by atoms with Crippen LogP contribution in [0.15, 0.2) is 0 Å². The number of nitrogens with zero attached hydrogens (tertiary/aromatic N) is 1. The average Bonchev–Trinajstić information content (AvgIpc) is 2.26. The van der Waals surface area contributed by atoms with E-state index in [0.29, 0.717) is 0 Å². The standard InChI is InChI=1S/C10H21N3O2/c14-9-8-13(5-1-2-12-10-15)6-3-11-4-7-13/h10-11,14H,1-9H2/p+1. The van der Waals surface area contributed by atoms with Crippen LogP contribution in [0.5, 0.6) is 0 Å². The number of nitrogens with one attached hydrogen (secondary N) is 2. The minimum absolute atomic E-state index is 0.251. The van der Waals surface area contributed by atoms with Crippen LogP contribution < -0.4 is 10.6 Å². The molecular weight excluding hydrogens is 194 g/mol. The number of aliphatic hydroxyl groups is 1. The maximum atomic E-state index is 10.1. The summed E-state index contributed by atoms with van der Waals surface area (Å²) in [5, 5.41) is 15.1. The number of piperazine rings is 1. The highest BCUT2D eigenvalue weighted by Crippen LogP contribution is 2.09. The van der Waals surface area contributed by atoms with Crippen LogP contribution in [0, 0.1) is 0 Å². The lowest BCUT2D eigenvalue weighted by atomic mass is 10.2. The van der Waals surface area contributed by atoms with Gasteiger partial charge < -0.3 is 20.2 Å². The zero-order valence-corrected chi connectivity index (χ0v) is 9.24. The molecule has 0 aromatic heterocycles. The minimum atomic E-state index is 0.251. The first-order chi connectivity index (χ1) is 7.33. The molecule has 0 unspecified atom stereocenters. The van der Waals surface area contributed by atoms with Crippen molar-refractivity contribution in [2.24, 2.45) is 0 Å². The maximum Gasteiger partial charge on any atom is 0.207 e. The van der Waals surface area contributed by atoms with Crippen LogP contribution in [0.3, 0.4) is 0 Å². The van der Waals surface area contributed by atoms with Gasteiger partial charge in [0.2, 0.25) is 6.41 Å². The van der Waals surface area contributed by atoms with Gasteiger partial charge in [-0.1, -0.05) is 0 Å². The monoisotopic (exact) mass is 216 g/mol. The molecule has 1 heterocycles. The van der Waals surface area contributed by atoms with E-state index in [1.54, 1.807) is 0 Å². The topological polar surface area (TPSA) is 61.4 Å². The van der Waals surface area contributed by atoms with Crippen molar-refractivity contribution >= 4 is 6.41 Å². The van der Waals surface area contributed by atoms with Crippen LogP contribution >= 0.6 is 0 Å². The van der Waals surface area contributed by atoms with Crippen molar-refractivity contribution in [3.8, 4) is 0 Å². The van der Waals surface area contributed by atoms with Gasteiger partial charge in [0.25, 0.3) is 0 Å². The largest absolute Gasteiger partial charge is 0.391 e. The van der Waals surface area contributed by atoms with E-state index in [-0.39, 0.29) is 6.61 Å². The molecule has 0 atom stereocenters. The van der Waals surface area contributed by atoms with E-state index in [0.717, 1.165) is 63.1 Å². The molecule has 0 aromatic rings. The van der Waals surface area contributed by atoms with Gasteiger partial charge in [0.15, 0.2) is 0 Å². The molecule has 3 N–H and O–H groups in total. The summed E-state index contributed by atoms with van der Waals surface area (Å²) in [5.74, 6) is 0. The van der Waals surface area contributed by atoms with Gasteiger partial charge in [-0.3, -0.25) is 4.79 Å². The van der Waals surface area contributed by atoms with Gasteiger partial charge >= 0.3 is 0 Å². The van der Waals surface area contributed by atoms with Crippen molar-refractivity contribution in [2.45, 2.75) is 6.42 Å². The Morgan fingerprint density at radius 3 is 2.67 bits per heavy atom. The normalized spacial score (nSPS) is 19.8. The van der Waals surface area contributed by atoms with E-state index in [1.807, 2.05) is 0 Å². The number of hydrogen-bond donors (Lipinski definition) is 3. The molecule has 0 bridgehead atoms. The van der Waals surface area contributed by atoms with Crippen molar-refractivity contribution in [3.05, 3.63) is 0 Å². The molecule has 0 spiro atoms. The predicted molar refractivity (Wildman–Crippen MR) is 58.4 cm³/mol. The Morgan fingerprint density at radius 1 is 1.33 bits per heavy atom. The first-order valence-electron chi connectivity index (χ1n) is 5.67. The van der Waals surface area contributed by atoms with Crippen LogP contribution in [-0.4, -0.2) is 68.4 Å². The summed E-state index contributed by atoms with van der Waals surface area (Å²) in [4.78, 5) is 10.1. The third-order valence-corrected chi connectivity index (χ3v) is 3.14. The van der Waals surface area contributed by atoms with E-state index in [1.165, 1.54) is 0 Å². The summed E-state index contributed by atoms with van der Waals surface area (Å²) in [6.45, 7) is 7.10. The van der Waals surface area contributed by atoms with Gasteiger partial charge in [-0.2, -0.15) is 0 Å². The molecule has 1 saturated heterocycles. The van der Waals surface area contributed by atoms with Crippen molar-refractivity contribution in [2.75, 3.05) is 52.4 Å². The molecular formula is C10H22N3O2+. The number of rotatable bonds is 7. The molecule has 5 nitrogen and oxygen atoms in total. The number of carbonyl (C=O) groups excluding carboxylic acids is 1. The van der Waals surface area contributed by atoms with Crippen LogP contribution in [0.25, 0.3) is 0 Å². The number of hydrogen-bond acceptors (Lipinski definition) is 3. The molecule has 1 fully saturated rings. The number of quaternary nitrogens is 1. The third kappa shape index (κ3) is 4.15. The summed E-state index contributed by atoms with van der Waals surface area (Å²) < 4.78 is 0.990. The van der Waals surface area contributed by atoms with Gasteiger partial charge in [-0.05, 0) is 0 Å². The summed E-state index contributed by atoms with van der Waals surface area (Å²) >= 11 is 0. The molecule has 0 aromatic carbocycles. The highest BCUT2D eigenvalue weighted by molar-refractivity contribution is 5.45. The highest BCUT2D eigenvalue weighted by Gasteiger charge is 2.28. The fraction of sp³-hybridized carbons (Fsp3) is 0.900. The Labute approximate surface area is 91.0 Å². The molecule has 5 heteroatoms. The van der Waals surface area contributed by atoms with Gasteiger partial charge in [0.05, 0.1) is 26.2 Å². The van der Waals surface area contributed by atoms with E-state index >= 15 is 0 Å². The SMILES string of the molecule is O=CNCCC[N+]1(CCO)CCNCC1. The van der Waals surface area contributed by atoms with Crippen LogP contribution in [-0.2, 0) is 4.79 Å². The lowest BCUT2D eigenvalue weighted by molar-refractivity contribution is -0.930. The lowest BCUT2D eigenvalue weighted by Crippen LogP contribution is -2.60. The number of carbonyl (C=O) groups is 1. The number of aliphatic hydroxyl groups excluding tert-OH is 1. The highest BCUT2D eigenvalue weighted by atomic mass is 16.3. The minimum Gasteiger partial charge on any atom is -0.391 e. The zero-order chi connectivity index (χ0) is 11.0. The molecule has 1 aliphatic heterocycles. The van der Waals surface area contributed by atoms with E-state index in [9.17, 15) is 4.79 Å². The Kier molecular flexibility index (Phi) is 5.60. The summed E-state index contributed by atoms with van der Waals surface area (Å²) in [6.07, 6.45) is 1.73. The van der Waals surface area contributed by atoms with Gasteiger partial charge in [0.1, 0.15) is 6.54 Å². The summed E-state index contributed by atoms with van der Waals surface area (Å²) in [7, 11) is 0. The van der Waals surface area contributed by atoms with Gasteiger partial charge in [0, 0.05) is 26.1 Å². The summed E-state index contributed by atoms with van der Waals surface area (Å²) in [6, 6.07) is 0.